The van der Waals surface area contributed by atoms with E-state index in [-0.39, 0.29) is 18.1 Å². The Morgan fingerprint density at radius 3 is 2.78 bits per heavy atom. The molecule has 1 rings (SSSR count). The monoisotopic (exact) mass is 259 g/mol. The van der Waals surface area contributed by atoms with Crippen molar-refractivity contribution in [1.29, 1.82) is 0 Å². The predicted octanol–water partition coefficient (Wildman–Crippen LogP) is 0.800. The largest absolute Gasteiger partial charge is 0.469 e. The molecule has 1 N–H and O–H groups in total. The fourth-order valence-corrected chi connectivity index (χ4v) is 2.15. The molecule has 1 aliphatic rings. The number of nitrogens with zero attached hydrogens (tertiary/aromatic N) is 1. The van der Waals surface area contributed by atoms with Crippen LogP contribution in [-0.4, -0.2) is 61.0 Å². The Balaban J connectivity index is 2.47. The van der Waals surface area contributed by atoms with Crippen LogP contribution in [0.4, 0.5) is 0 Å². The zero-order valence-electron chi connectivity index (χ0n) is 11.6. The number of aliphatic hydroxyl groups excluding tert-OH is 1. The molecule has 0 spiro atoms. The Kier molecular flexibility index (Phi) is 6.60. The van der Waals surface area contributed by atoms with Crippen molar-refractivity contribution in [2.75, 3.05) is 26.8 Å². The van der Waals surface area contributed by atoms with Crippen molar-refractivity contribution in [2.24, 2.45) is 0 Å². The lowest BCUT2D eigenvalue weighted by Gasteiger charge is -2.32. The molecule has 1 fully saturated rings. The first-order valence-electron chi connectivity index (χ1n) is 6.65. The average Bonchev–Trinajstić information content (AvgIpc) is 2.85. The number of hydrogen-bond acceptors (Lipinski definition) is 5. The van der Waals surface area contributed by atoms with Crippen LogP contribution >= 0.6 is 0 Å². The molecule has 5 heteroatoms. The van der Waals surface area contributed by atoms with E-state index in [1.807, 2.05) is 6.92 Å². The van der Waals surface area contributed by atoms with Gasteiger partial charge in [-0.2, -0.15) is 0 Å². The molecule has 106 valence electrons. The molecule has 0 radical (unpaired) electrons. The third-order valence-electron chi connectivity index (χ3n) is 3.57. The summed E-state index contributed by atoms with van der Waals surface area (Å²) in [6, 6.07) is 0.0128. The summed E-state index contributed by atoms with van der Waals surface area (Å²) in [4.78, 5) is 13.3. The molecule has 0 amide bonds. The summed E-state index contributed by atoms with van der Waals surface area (Å²) in [6.45, 7) is 5.92. The van der Waals surface area contributed by atoms with Gasteiger partial charge >= 0.3 is 5.97 Å². The van der Waals surface area contributed by atoms with Crippen LogP contribution in [0, 0.1) is 0 Å². The quantitative estimate of drug-likeness (QED) is 0.685. The number of carbonyl (C=O) groups is 1. The maximum atomic E-state index is 11.2. The van der Waals surface area contributed by atoms with Gasteiger partial charge in [-0.25, -0.2) is 0 Å². The normalized spacial score (nSPS) is 23.1. The van der Waals surface area contributed by atoms with Crippen molar-refractivity contribution >= 4 is 5.97 Å². The second-order valence-corrected chi connectivity index (χ2v) is 4.94. The second-order valence-electron chi connectivity index (χ2n) is 4.94. The average molecular weight is 259 g/mol. The van der Waals surface area contributed by atoms with Gasteiger partial charge in [-0.05, 0) is 26.7 Å². The highest BCUT2D eigenvalue weighted by molar-refractivity contribution is 5.69. The van der Waals surface area contributed by atoms with E-state index in [1.165, 1.54) is 7.11 Å². The zero-order chi connectivity index (χ0) is 13.5. The van der Waals surface area contributed by atoms with Crippen LogP contribution in [0.2, 0.25) is 0 Å². The summed E-state index contributed by atoms with van der Waals surface area (Å²) < 4.78 is 10.3. The lowest BCUT2D eigenvalue weighted by molar-refractivity contribution is -0.141. The van der Waals surface area contributed by atoms with E-state index in [0.717, 1.165) is 26.0 Å². The molecule has 0 bridgehead atoms. The van der Waals surface area contributed by atoms with Gasteiger partial charge in [0, 0.05) is 25.7 Å². The van der Waals surface area contributed by atoms with E-state index in [0.29, 0.717) is 13.0 Å². The van der Waals surface area contributed by atoms with Crippen LogP contribution < -0.4 is 0 Å². The van der Waals surface area contributed by atoms with Gasteiger partial charge in [-0.3, -0.25) is 9.69 Å². The topological polar surface area (TPSA) is 59.0 Å². The number of aliphatic hydroxyl groups is 1. The van der Waals surface area contributed by atoms with E-state index in [4.69, 9.17) is 4.74 Å². The molecule has 1 aliphatic heterocycles. The summed E-state index contributed by atoms with van der Waals surface area (Å²) >= 11 is 0. The van der Waals surface area contributed by atoms with Crippen molar-refractivity contribution in [3.05, 3.63) is 0 Å². The van der Waals surface area contributed by atoms with Crippen LogP contribution in [0.5, 0.6) is 0 Å². The van der Waals surface area contributed by atoms with Gasteiger partial charge in [0.2, 0.25) is 0 Å². The van der Waals surface area contributed by atoms with Crippen molar-refractivity contribution in [2.45, 2.75) is 51.4 Å². The lowest BCUT2D eigenvalue weighted by atomic mass is 10.1. The number of ether oxygens (including phenoxy) is 2. The fourth-order valence-electron chi connectivity index (χ4n) is 2.15. The Bertz CT molecular complexity index is 251. The first-order chi connectivity index (χ1) is 8.54. The first kappa shape index (κ1) is 15.4. The molecule has 0 saturated carbocycles. The van der Waals surface area contributed by atoms with Crippen molar-refractivity contribution in [3.63, 3.8) is 0 Å². The minimum atomic E-state index is -0.427. The number of esters is 1. The van der Waals surface area contributed by atoms with E-state index in [1.54, 1.807) is 6.92 Å². The highest BCUT2D eigenvalue weighted by Crippen LogP contribution is 2.16. The number of carbonyl (C=O) groups excluding carboxylic acids is 1. The van der Waals surface area contributed by atoms with Crippen molar-refractivity contribution < 1.29 is 19.4 Å². The summed E-state index contributed by atoms with van der Waals surface area (Å²) in [5, 5.41) is 9.69. The Morgan fingerprint density at radius 1 is 1.56 bits per heavy atom. The first-order valence-corrected chi connectivity index (χ1v) is 6.65. The third kappa shape index (κ3) is 4.92. The molecule has 18 heavy (non-hydrogen) atoms. The molecule has 1 heterocycles. The summed E-state index contributed by atoms with van der Waals surface area (Å²) in [5.74, 6) is -0.217. The highest BCUT2D eigenvalue weighted by atomic mass is 16.5. The van der Waals surface area contributed by atoms with Crippen LogP contribution in [-0.2, 0) is 14.3 Å². The highest BCUT2D eigenvalue weighted by Gasteiger charge is 2.25. The second kappa shape index (κ2) is 7.71. The summed E-state index contributed by atoms with van der Waals surface area (Å²) in [7, 11) is 1.39. The van der Waals surface area contributed by atoms with Crippen molar-refractivity contribution in [1.82, 2.24) is 4.90 Å². The number of hydrogen-bond donors (Lipinski definition) is 1. The molecule has 1 saturated heterocycles. The molecule has 0 aromatic carbocycles. The summed E-state index contributed by atoms with van der Waals surface area (Å²) in [6.07, 6.45) is 2.30. The van der Waals surface area contributed by atoms with Crippen LogP contribution in [0.15, 0.2) is 0 Å². The predicted molar refractivity (Wildman–Crippen MR) is 68.3 cm³/mol. The Hall–Kier alpha value is -0.650. The SMILES string of the molecule is COC(=O)CCN(CC1CCCO1)C(C)C(C)O. The Labute approximate surface area is 109 Å². The standard InChI is InChI=1S/C13H25NO4/c1-10(11(2)15)14(7-6-13(16)17-3)9-12-5-4-8-18-12/h10-12,15H,4-9H2,1-3H3. The van der Waals surface area contributed by atoms with Gasteiger partial charge < -0.3 is 14.6 Å². The van der Waals surface area contributed by atoms with Crippen molar-refractivity contribution in [3.8, 4) is 0 Å². The maximum Gasteiger partial charge on any atom is 0.306 e. The van der Waals surface area contributed by atoms with Crippen LogP contribution in [0.25, 0.3) is 0 Å². The van der Waals surface area contributed by atoms with Crippen LogP contribution in [0.1, 0.15) is 33.1 Å². The van der Waals surface area contributed by atoms with Gasteiger partial charge in [-0.15, -0.1) is 0 Å². The Morgan fingerprint density at radius 2 is 2.28 bits per heavy atom. The lowest BCUT2D eigenvalue weighted by Crippen LogP contribution is -2.45. The van der Waals surface area contributed by atoms with E-state index < -0.39 is 6.10 Å². The van der Waals surface area contributed by atoms with E-state index >= 15 is 0 Å². The minimum Gasteiger partial charge on any atom is -0.469 e. The number of rotatable bonds is 7. The molecule has 5 nitrogen and oxygen atoms in total. The molecule has 3 atom stereocenters. The third-order valence-corrected chi connectivity index (χ3v) is 3.57. The van der Waals surface area contributed by atoms with Gasteiger partial charge in [0.15, 0.2) is 0 Å². The van der Waals surface area contributed by atoms with Gasteiger partial charge in [-0.1, -0.05) is 0 Å². The summed E-state index contributed by atoms with van der Waals surface area (Å²) in [5.41, 5.74) is 0. The van der Waals surface area contributed by atoms with Gasteiger partial charge in [0.05, 0.1) is 25.7 Å². The van der Waals surface area contributed by atoms with Gasteiger partial charge in [0.25, 0.3) is 0 Å². The van der Waals surface area contributed by atoms with E-state index in [2.05, 4.69) is 9.64 Å². The maximum absolute atomic E-state index is 11.2. The molecule has 0 aromatic heterocycles. The van der Waals surface area contributed by atoms with Gasteiger partial charge in [0.1, 0.15) is 0 Å². The number of methoxy groups -OCH3 is 1. The molecule has 0 aliphatic carbocycles. The molecule has 0 aromatic rings. The molecular weight excluding hydrogens is 234 g/mol. The zero-order valence-corrected chi connectivity index (χ0v) is 11.6. The fraction of sp³-hybridized carbons (Fsp3) is 0.923. The molecular formula is C13H25NO4. The van der Waals surface area contributed by atoms with E-state index in [9.17, 15) is 9.90 Å². The minimum absolute atomic E-state index is 0.0128. The smallest absolute Gasteiger partial charge is 0.306 e. The molecule has 3 unspecified atom stereocenters. The van der Waals surface area contributed by atoms with Crippen LogP contribution in [0.3, 0.4) is 0 Å².